The molecule has 4 nitrogen and oxygen atoms in total. The number of aromatic nitrogens is 1. The molecule has 98 valence electrons. The predicted molar refractivity (Wildman–Crippen MR) is 73.2 cm³/mol. The maximum absolute atomic E-state index is 11.8. The van der Waals surface area contributed by atoms with Crippen molar-refractivity contribution in [3.05, 3.63) is 68.1 Å². The van der Waals surface area contributed by atoms with Gasteiger partial charge in [-0.2, -0.15) is 0 Å². The smallest absolute Gasteiger partial charge is 0.352 e. The van der Waals surface area contributed by atoms with Crippen LogP contribution in [0.15, 0.2) is 41.2 Å². The van der Waals surface area contributed by atoms with Gasteiger partial charge in [-0.1, -0.05) is 41.4 Å². The lowest BCUT2D eigenvalue weighted by atomic mass is 10.2. The maximum atomic E-state index is 11.8. The first-order chi connectivity index (χ1) is 9.00. The van der Waals surface area contributed by atoms with Crippen LogP contribution in [0.5, 0.6) is 0 Å². The average molecular weight is 298 g/mol. The maximum Gasteiger partial charge on any atom is 0.352 e. The van der Waals surface area contributed by atoms with E-state index in [1.165, 1.54) is 18.2 Å². The lowest BCUT2D eigenvalue weighted by Gasteiger charge is -2.11. The summed E-state index contributed by atoms with van der Waals surface area (Å²) in [5.41, 5.74) is 0.0875. The van der Waals surface area contributed by atoms with Gasteiger partial charge < -0.3 is 5.11 Å². The number of carboxylic acids is 1. The summed E-state index contributed by atoms with van der Waals surface area (Å²) in [6, 6.07) is 9.07. The number of carbonyl (C=O) groups is 1. The van der Waals surface area contributed by atoms with Gasteiger partial charge in [-0.3, -0.25) is 9.36 Å². The van der Waals surface area contributed by atoms with Gasteiger partial charge in [0.25, 0.3) is 5.56 Å². The van der Waals surface area contributed by atoms with Gasteiger partial charge in [-0.25, -0.2) is 4.79 Å². The third-order valence-corrected chi connectivity index (χ3v) is 3.49. The number of pyridine rings is 1. The first-order valence-corrected chi connectivity index (χ1v) is 6.12. The highest BCUT2D eigenvalue weighted by molar-refractivity contribution is 6.42. The number of carboxylic acid groups (broad SMARTS) is 1. The van der Waals surface area contributed by atoms with E-state index < -0.39 is 11.5 Å². The normalized spacial score (nSPS) is 10.4. The Morgan fingerprint density at radius 2 is 1.84 bits per heavy atom. The van der Waals surface area contributed by atoms with Gasteiger partial charge in [0.15, 0.2) is 0 Å². The minimum atomic E-state index is -1.17. The molecule has 0 aliphatic heterocycles. The molecule has 0 atom stereocenters. The molecule has 0 radical (unpaired) electrons. The van der Waals surface area contributed by atoms with Gasteiger partial charge in [-0.15, -0.1) is 0 Å². The molecule has 0 aliphatic rings. The summed E-state index contributed by atoms with van der Waals surface area (Å²) in [4.78, 5) is 22.9. The standard InChI is InChI=1S/C13H9Cl2NO3/c14-9-4-1-3-8(12(9)15)7-16-10(13(18)19)5-2-6-11(16)17/h1-6H,7H2,(H,18,19). The molecule has 0 amide bonds. The van der Waals surface area contributed by atoms with Gasteiger partial charge >= 0.3 is 5.97 Å². The minimum absolute atomic E-state index is 0.0562. The molecular weight excluding hydrogens is 289 g/mol. The van der Waals surface area contributed by atoms with E-state index in [2.05, 4.69) is 0 Å². The second-order valence-corrected chi connectivity index (χ2v) is 4.64. The SMILES string of the molecule is O=C(O)c1cccc(=O)n1Cc1cccc(Cl)c1Cl. The molecule has 1 aromatic heterocycles. The Kier molecular flexibility index (Phi) is 3.93. The monoisotopic (exact) mass is 297 g/mol. The van der Waals surface area contributed by atoms with Crippen LogP contribution in [0.1, 0.15) is 16.1 Å². The predicted octanol–water partition coefficient (Wildman–Crippen LogP) is 2.90. The Bertz CT molecular complexity index is 695. The fourth-order valence-corrected chi connectivity index (χ4v) is 2.09. The van der Waals surface area contributed by atoms with E-state index in [4.69, 9.17) is 28.3 Å². The summed E-state index contributed by atoms with van der Waals surface area (Å²) in [6.45, 7) is 0.0562. The first-order valence-electron chi connectivity index (χ1n) is 5.36. The van der Waals surface area contributed by atoms with Crippen LogP contribution in [-0.4, -0.2) is 15.6 Å². The van der Waals surface area contributed by atoms with E-state index >= 15 is 0 Å². The number of aromatic carboxylic acids is 1. The lowest BCUT2D eigenvalue weighted by molar-refractivity contribution is 0.0684. The van der Waals surface area contributed by atoms with Gasteiger partial charge in [-0.05, 0) is 17.7 Å². The molecule has 2 rings (SSSR count). The van der Waals surface area contributed by atoms with Crippen LogP contribution in [0, 0.1) is 0 Å². The molecule has 1 heterocycles. The van der Waals surface area contributed by atoms with E-state index in [9.17, 15) is 9.59 Å². The van der Waals surface area contributed by atoms with E-state index in [0.717, 1.165) is 4.57 Å². The second kappa shape index (κ2) is 5.47. The number of hydrogen-bond acceptors (Lipinski definition) is 2. The largest absolute Gasteiger partial charge is 0.477 e. The Morgan fingerprint density at radius 3 is 2.53 bits per heavy atom. The molecule has 0 spiro atoms. The molecular formula is C13H9Cl2NO3. The van der Waals surface area contributed by atoms with Crippen molar-refractivity contribution in [3.63, 3.8) is 0 Å². The van der Waals surface area contributed by atoms with Crippen LogP contribution in [0.3, 0.4) is 0 Å². The lowest BCUT2D eigenvalue weighted by Crippen LogP contribution is -2.25. The summed E-state index contributed by atoms with van der Waals surface area (Å²) in [5, 5.41) is 9.75. The van der Waals surface area contributed by atoms with Crippen molar-refractivity contribution < 1.29 is 9.90 Å². The highest BCUT2D eigenvalue weighted by Crippen LogP contribution is 2.26. The van der Waals surface area contributed by atoms with Gasteiger partial charge in [0.05, 0.1) is 16.6 Å². The summed E-state index contributed by atoms with van der Waals surface area (Å²) in [6.07, 6.45) is 0. The third kappa shape index (κ3) is 2.80. The van der Waals surface area contributed by atoms with E-state index in [1.807, 2.05) is 0 Å². The Hall–Kier alpha value is -1.78. The Balaban J connectivity index is 2.52. The molecule has 0 aliphatic carbocycles. The molecule has 19 heavy (non-hydrogen) atoms. The molecule has 2 aromatic rings. The highest BCUT2D eigenvalue weighted by Gasteiger charge is 2.12. The van der Waals surface area contributed by atoms with Crippen molar-refractivity contribution >= 4 is 29.2 Å². The molecule has 0 saturated heterocycles. The topological polar surface area (TPSA) is 59.3 Å². The highest BCUT2D eigenvalue weighted by atomic mass is 35.5. The average Bonchev–Trinajstić information content (AvgIpc) is 2.36. The van der Waals surface area contributed by atoms with E-state index in [-0.39, 0.29) is 12.2 Å². The van der Waals surface area contributed by atoms with Crippen molar-refractivity contribution in [2.45, 2.75) is 6.54 Å². The van der Waals surface area contributed by atoms with Crippen LogP contribution in [0.2, 0.25) is 10.0 Å². The molecule has 0 unspecified atom stereocenters. The Labute approximate surface area is 118 Å². The number of nitrogens with zero attached hydrogens (tertiary/aromatic N) is 1. The molecule has 1 N–H and O–H groups in total. The van der Waals surface area contributed by atoms with Crippen molar-refractivity contribution in [2.75, 3.05) is 0 Å². The van der Waals surface area contributed by atoms with Crippen LogP contribution in [0.25, 0.3) is 0 Å². The van der Waals surface area contributed by atoms with Crippen LogP contribution >= 0.6 is 23.2 Å². The number of hydrogen-bond donors (Lipinski definition) is 1. The van der Waals surface area contributed by atoms with Crippen molar-refractivity contribution in [1.29, 1.82) is 0 Å². The Morgan fingerprint density at radius 1 is 1.16 bits per heavy atom. The van der Waals surface area contributed by atoms with Crippen molar-refractivity contribution in [1.82, 2.24) is 4.57 Å². The van der Waals surface area contributed by atoms with Crippen LogP contribution in [-0.2, 0) is 6.54 Å². The molecule has 0 fully saturated rings. The summed E-state index contributed by atoms with van der Waals surface area (Å²) >= 11 is 11.9. The number of halogens is 2. The zero-order chi connectivity index (χ0) is 14.0. The molecule has 6 heteroatoms. The number of benzene rings is 1. The molecule has 0 bridgehead atoms. The van der Waals surface area contributed by atoms with Crippen LogP contribution < -0.4 is 5.56 Å². The first kappa shape index (κ1) is 13.6. The summed E-state index contributed by atoms with van der Waals surface area (Å²) in [5.74, 6) is -1.17. The van der Waals surface area contributed by atoms with Crippen molar-refractivity contribution in [2.24, 2.45) is 0 Å². The third-order valence-electron chi connectivity index (χ3n) is 2.63. The zero-order valence-corrected chi connectivity index (χ0v) is 11.1. The van der Waals surface area contributed by atoms with Gasteiger partial charge in [0.2, 0.25) is 0 Å². The van der Waals surface area contributed by atoms with Gasteiger partial charge in [0.1, 0.15) is 5.69 Å². The van der Waals surface area contributed by atoms with Crippen molar-refractivity contribution in [3.8, 4) is 0 Å². The summed E-state index contributed by atoms with van der Waals surface area (Å²) in [7, 11) is 0. The summed E-state index contributed by atoms with van der Waals surface area (Å²) < 4.78 is 1.14. The zero-order valence-electron chi connectivity index (χ0n) is 9.64. The van der Waals surface area contributed by atoms with Crippen LogP contribution in [0.4, 0.5) is 0 Å². The quantitative estimate of drug-likeness (QED) is 0.947. The molecule has 0 saturated carbocycles. The fourth-order valence-electron chi connectivity index (χ4n) is 1.71. The second-order valence-electron chi connectivity index (χ2n) is 3.85. The fraction of sp³-hybridized carbons (Fsp3) is 0.0769. The van der Waals surface area contributed by atoms with Gasteiger partial charge in [0, 0.05) is 6.07 Å². The van der Waals surface area contributed by atoms with E-state index in [1.54, 1.807) is 18.2 Å². The molecule has 1 aromatic carbocycles. The van der Waals surface area contributed by atoms with E-state index in [0.29, 0.717) is 15.6 Å². The number of rotatable bonds is 3. The minimum Gasteiger partial charge on any atom is -0.477 e.